The molecule has 0 bridgehead atoms. The minimum absolute atomic E-state index is 0.00763. The lowest BCUT2D eigenvalue weighted by molar-refractivity contribution is -0.143. The maximum Gasteiger partial charge on any atom is 0.251 e. The van der Waals surface area contributed by atoms with Gasteiger partial charge in [-0.25, -0.2) is 0 Å². The number of carbonyl (C=O) groups excluding carboxylic acids is 1. The van der Waals surface area contributed by atoms with Crippen molar-refractivity contribution in [2.24, 2.45) is 5.92 Å². The molecule has 0 aliphatic carbocycles. The number of ether oxygens (including phenoxy) is 3. The van der Waals surface area contributed by atoms with Crippen LogP contribution in [0.25, 0.3) is 0 Å². The summed E-state index contributed by atoms with van der Waals surface area (Å²) in [6, 6.07) is 9.87. The summed E-state index contributed by atoms with van der Waals surface area (Å²) in [5.41, 5.74) is 0.995. The molecule has 6 heteroatoms. The third-order valence-electron chi connectivity index (χ3n) is 4.66. The minimum atomic E-state index is -0.441. The van der Waals surface area contributed by atoms with Gasteiger partial charge in [0, 0.05) is 24.6 Å². The van der Waals surface area contributed by atoms with E-state index in [0.717, 1.165) is 16.9 Å². The Labute approximate surface area is 178 Å². The molecule has 1 amide bonds. The van der Waals surface area contributed by atoms with Crippen LogP contribution >= 0.6 is 11.3 Å². The fourth-order valence-corrected chi connectivity index (χ4v) is 3.46. The molecule has 0 aliphatic heterocycles. The van der Waals surface area contributed by atoms with E-state index in [0.29, 0.717) is 43.7 Å². The van der Waals surface area contributed by atoms with Gasteiger partial charge in [0.1, 0.15) is 12.7 Å². The van der Waals surface area contributed by atoms with Crippen LogP contribution in [-0.4, -0.2) is 37.2 Å². The topological polar surface area (TPSA) is 48.0 Å². The van der Waals surface area contributed by atoms with Gasteiger partial charge < -0.3 is 19.1 Å². The highest BCUT2D eigenvalue weighted by molar-refractivity contribution is 7.09. The molecule has 0 N–H and O–H groups in total. The minimum Gasteiger partial charge on any atom is -0.493 e. The molecule has 0 saturated carbocycles. The summed E-state index contributed by atoms with van der Waals surface area (Å²) in [5, 5.41) is 2.03. The van der Waals surface area contributed by atoms with Gasteiger partial charge in [-0.1, -0.05) is 26.0 Å². The number of benzene rings is 1. The first-order valence-corrected chi connectivity index (χ1v) is 11.0. The van der Waals surface area contributed by atoms with Crippen molar-refractivity contribution >= 4 is 17.2 Å². The lowest BCUT2D eigenvalue weighted by atomic mass is 10.1. The molecule has 1 aromatic heterocycles. The number of thiophene rings is 1. The molecule has 1 unspecified atom stereocenters. The second-order valence-corrected chi connectivity index (χ2v) is 8.43. The summed E-state index contributed by atoms with van der Waals surface area (Å²) in [6.45, 7) is 10.3. The van der Waals surface area contributed by atoms with E-state index >= 15 is 0 Å². The quantitative estimate of drug-likeness (QED) is 0.478. The maximum absolute atomic E-state index is 12.8. The maximum atomic E-state index is 12.8. The van der Waals surface area contributed by atoms with Crippen molar-refractivity contribution in [1.82, 2.24) is 4.90 Å². The Kier molecular flexibility index (Phi) is 9.48. The van der Waals surface area contributed by atoms with Crippen molar-refractivity contribution < 1.29 is 19.0 Å². The molecule has 2 aromatic rings. The van der Waals surface area contributed by atoms with Gasteiger partial charge >= 0.3 is 0 Å². The molecule has 0 spiro atoms. The van der Waals surface area contributed by atoms with Gasteiger partial charge in [0.15, 0.2) is 11.5 Å². The van der Waals surface area contributed by atoms with Gasteiger partial charge in [0.05, 0.1) is 7.11 Å². The molecule has 0 saturated heterocycles. The predicted octanol–water partition coefficient (Wildman–Crippen LogP) is 5.14. The van der Waals surface area contributed by atoms with Crippen molar-refractivity contribution in [3.05, 3.63) is 46.2 Å². The molecule has 2 rings (SSSR count). The third kappa shape index (κ3) is 7.37. The molecule has 1 heterocycles. The molecule has 1 aromatic carbocycles. The molecule has 0 aliphatic rings. The molecule has 160 valence electrons. The number of carbonyl (C=O) groups is 1. The Balaban J connectivity index is 1.98. The van der Waals surface area contributed by atoms with E-state index in [1.807, 2.05) is 49.6 Å². The molecule has 1 atom stereocenters. The van der Waals surface area contributed by atoms with Gasteiger partial charge in [-0.05, 0) is 55.3 Å². The number of hydrogen-bond donors (Lipinski definition) is 0. The van der Waals surface area contributed by atoms with Crippen molar-refractivity contribution in [2.75, 3.05) is 20.3 Å². The van der Waals surface area contributed by atoms with Gasteiger partial charge in [-0.3, -0.25) is 4.79 Å². The Bertz CT molecular complexity index is 745. The summed E-state index contributed by atoms with van der Waals surface area (Å²) in [5.74, 6) is 1.94. The highest BCUT2D eigenvalue weighted by Gasteiger charge is 2.20. The van der Waals surface area contributed by atoms with Crippen LogP contribution in [0.3, 0.4) is 0 Å². The average Bonchev–Trinajstić information content (AvgIpc) is 3.23. The van der Waals surface area contributed by atoms with E-state index in [2.05, 4.69) is 13.8 Å². The van der Waals surface area contributed by atoms with Crippen LogP contribution in [0, 0.1) is 5.92 Å². The van der Waals surface area contributed by atoms with Crippen LogP contribution in [0.2, 0.25) is 0 Å². The number of methoxy groups -OCH3 is 1. The highest BCUT2D eigenvalue weighted by Crippen LogP contribution is 2.30. The van der Waals surface area contributed by atoms with Crippen molar-refractivity contribution in [3.8, 4) is 11.5 Å². The largest absolute Gasteiger partial charge is 0.493 e. The Morgan fingerprint density at radius 1 is 1.17 bits per heavy atom. The molecule has 29 heavy (non-hydrogen) atoms. The van der Waals surface area contributed by atoms with E-state index in [-0.39, 0.29) is 5.91 Å². The fraction of sp³-hybridized carbons (Fsp3) is 0.522. The van der Waals surface area contributed by atoms with Crippen molar-refractivity contribution in [3.63, 3.8) is 0 Å². The molecular formula is C23H33NO4S. The summed E-state index contributed by atoms with van der Waals surface area (Å²) in [4.78, 5) is 15.7. The average molecular weight is 420 g/mol. The van der Waals surface area contributed by atoms with Crippen LogP contribution in [0.5, 0.6) is 11.5 Å². The van der Waals surface area contributed by atoms with Gasteiger partial charge in [0.25, 0.3) is 5.91 Å². The number of nitrogens with zero attached hydrogens (tertiary/aromatic N) is 1. The monoisotopic (exact) mass is 419 g/mol. The van der Waals surface area contributed by atoms with E-state index in [1.54, 1.807) is 23.3 Å². The van der Waals surface area contributed by atoms with Gasteiger partial charge in [0.2, 0.25) is 0 Å². The van der Waals surface area contributed by atoms with Crippen LogP contribution in [0.4, 0.5) is 0 Å². The molecule has 5 nitrogen and oxygen atoms in total. The first-order valence-electron chi connectivity index (χ1n) is 10.2. The summed E-state index contributed by atoms with van der Waals surface area (Å²) in [7, 11) is 1.63. The Morgan fingerprint density at radius 2 is 1.97 bits per heavy atom. The third-order valence-corrected chi connectivity index (χ3v) is 5.51. The Hall–Kier alpha value is -2.05. The zero-order chi connectivity index (χ0) is 21.2. The van der Waals surface area contributed by atoms with E-state index < -0.39 is 6.10 Å². The fourth-order valence-electron chi connectivity index (χ4n) is 2.85. The van der Waals surface area contributed by atoms with E-state index in [1.165, 1.54) is 0 Å². The first-order chi connectivity index (χ1) is 13.9. The summed E-state index contributed by atoms with van der Waals surface area (Å²) >= 11 is 1.66. The van der Waals surface area contributed by atoms with E-state index in [4.69, 9.17) is 14.2 Å². The zero-order valence-electron chi connectivity index (χ0n) is 18.1. The second kappa shape index (κ2) is 11.8. The van der Waals surface area contributed by atoms with Crippen molar-refractivity contribution in [2.45, 2.75) is 53.4 Å². The van der Waals surface area contributed by atoms with Gasteiger partial charge in [-0.2, -0.15) is 0 Å². The zero-order valence-corrected chi connectivity index (χ0v) is 19.0. The Morgan fingerprint density at radius 3 is 2.59 bits per heavy atom. The SMILES string of the molecule is CCN(Cc1ccc(OCc2cccs2)c(OC)c1)C(=O)C(C)OCCC(C)C. The number of hydrogen-bond acceptors (Lipinski definition) is 5. The normalized spacial score (nSPS) is 12.1. The second-order valence-electron chi connectivity index (χ2n) is 7.40. The van der Waals surface area contributed by atoms with Crippen LogP contribution < -0.4 is 9.47 Å². The standard InChI is InChI=1S/C23H33NO4S/c1-6-24(23(25)18(4)27-12-11-17(2)3)15-19-9-10-21(22(14-19)26-5)28-16-20-8-7-13-29-20/h7-10,13-14,17-18H,6,11-12,15-16H2,1-5H3. The summed E-state index contributed by atoms with van der Waals surface area (Å²) < 4.78 is 17.1. The van der Waals surface area contributed by atoms with Crippen LogP contribution in [0.15, 0.2) is 35.7 Å². The van der Waals surface area contributed by atoms with E-state index in [9.17, 15) is 4.79 Å². The number of likely N-dealkylation sites (N-methyl/N-ethyl adjacent to an activating group) is 1. The summed E-state index contributed by atoms with van der Waals surface area (Å²) in [6.07, 6.45) is 0.512. The molecule has 0 fully saturated rings. The van der Waals surface area contributed by atoms with Crippen LogP contribution in [0.1, 0.15) is 44.6 Å². The highest BCUT2D eigenvalue weighted by atomic mass is 32.1. The lowest BCUT2D eigenvalue weighted by Crippen LogP contribution is -2.38. The molecule has 0 radical (unpaired) electrons. The lowest BCUT2D eigenvalue weighted by Gasteiger charge is -2.25. The number of rotatable bonds is 12. The number of amides is 1. The van der Waals surface area contributed by atoms with Gasteiger partial charge in [-0.15, -0.1) is 11.3 Å². The van der Waals surface area contributed by atoms with Crippen molar-refractivity contribution in [1.29, 1.82) is 0 Å². The first kappa shape index (κ1) is 23.2. The smallest absolute Gasteiger partial charge is 0.251 e. The predicted molar refractivity (Wildman–Crippen MR) is 118 cm³/mol. The molecular weight excluding hydrogens is 386 g/mol. The van der Waals surface area contributed by atoms with Crippen LogP contribution in [-0.2, 0) is 22.7 Å².